The summed E-state index contributed by atoms with van der Waals surface area (Å²) in [5.41, 5.74) is 10.9. The van der Waals surface area contributed by atoms with Gasteiger partial charge in [0.25, 0.3) is 0 Å². The molecule has 1 heterocycles. The summed E-state index contributed by atoms with van der Waals surface area (Å²) in [5.74, 6) is -0.0244. The van der Waals surface area contributed by atoms with Crippen LogP contribution in [-0.2, 0) is 0 Å². The standard InChI is InChI=1S/C9H8N2O2/c10-7-5-3-1-2-4-6(5)9(12)13-8(7)11/h1-4H,10-11H2. The highest BCUT2D eigenvalue weighted by Gasteiger charge is 2.06. The number of anilines is 2. The van der Waals surface area contributed by atoms with Crippen molar-refractivity contribution in [2.24, 2.45) is 0 Å². The largest absolute Gasteiger partial charge is 0.404 e. The minimum Gasteiger partial charge on any atom is -0.404 e. The molecule has 0 saturated heterocycles. The minimum atomic E-state index is -0.456. The van der Waals surface area contributed by atoms with Crippen LogP contribution in [0.3, 0.4) is 0 Å². The quantitative estimate of drug-likeness (QED) is 0.626. The monoisotopic (exact) mass is 176 g/mol. The van der Waals surface area contributed by atoms with Crippen LogP contribution in [0.5, 0.6) is 0 Å². The van der Waals surface area contributed by atoms with E-state index >= 15 is 0 Å². The van der Waals surface area contributed by atoms with Crippen molar-refractivity contribution < 1.29 is 4.42 Å². The SMILES string of the molecule is Nc1oc(=O)c2ccccc2c1N. The van der Waals surface area contributed by atoms with Crippen molar-refractivity contribution in [3.05, 3.63) is 34.7 Å². The Morgan fingerprint density at radius 1 is 1.08 bits per heavy atom. The lowest BCUT2D eigenvalue weighted by Crippen LogP contribution is -2.05. The molecule has 0 bridgehead atoms. The van der Waals surface area contributed by atoms with Crippen LogP contribution >= 0.6 is 0 Å². The lowest BCUT2D eigenvalue weighted by Gasteiger charge is -2.01. The van der Waals surface area contributed by atoms with Gasteiger partial charge in [0.2, 0.25) is 5.88 Å². The molecule has 1 aromatic heterocycles. The molecule has 0 aliphatic rings. The van der Waals surface area contributed by atoms with Gasteiger partial charge in [-0.3, -0.25) is 0 Å². The third kappa shape index (κ3) is 1.03. The molecule has 0 aliphatic carbocycles. The molecule has 0 radical (unpaired) electrons. The minimum absolute atomic E-state index is 0.0244. The van der Waals surface area contributed by atoms with Crippen molar-refractivity contribution >= 4 is 22.3 Å². The van der Waals surface area contributed by atoms with E-state index in [4.69, 9.17) is 15.9 Å². The molecule has 0 atom stereocenters. The molecule has 2 aromatic rings. The second kappa shape index (κ2) is 2.52. The zero-order chi connectivity index (χ0) is 9.42. The fraction of sp³-hybridized carbons (Fsp3) is 0. The third-order valence-corrected chi connectivity index (χ3v) is 1.91. The maximum atomic E-state index is 11.2. The maximum absolute atomic E-state index is 11.2. The van der Waals surface area contributed by atoms with Crippen LogP contribution in [0.25, 0.3) is 10.8 Å². The highest BCUT2D eigenvalue weighted by molar-refractivity contribution is 5.95. The van der Waals surface area contributed by atoms with Gasteiger partial charge in [-0.2, -0.15) is 0 Å². The van der Waals surface area contributed by atoms with E-state index in [0.717, 1.165) is 0 Å². The topological polar surface area (TPSA) is 82.2 Å². The number of nitrogen functional groups attached to an aromatic ring is 2. The molecular formula is C9H8N2O2. The van der Waals surface area contributed by atoms with Crippen LogP contribution in [0.15, 0.2) is 33.5 Å². The number of hydrogen-bond donors (Lipinski definition) is 2. The second-order valence-corrected chi connectivity index (χ2v) is 2.71. The Labute approximate surface area is 73.8 Å². The normalized spacial score (nSPS) is 10.5. The number of hydrogen-bond acceptors (Lipinski definition) is 4. The molecular weight excluding hydrogens is 168 g/mol. The van der Waals surface area contributed by atoms with E-state index in [-0.39, 0.29) is 5.88 Å². The van der Waals surface area contributed by atoms with Crippen molar-refractivity contribution in [2.45, 2.75) is 0 Å². The van der Waals surface area contributed by atoms with Gasteiger partial charge in [0.15, 0.2) is 0 Å². The summed E-state index contributed by atoms with van der Waals surface area (Å²) in [5, 5.41) is 1.09. The first-order chi connectivity index (χ1) is 6.20. The number of benzene rings is 1. The second-order valence-electron chi connectivity index (χ2n) is 2.71. The molecule has 0 aliphatic heterocycles. The van der Waals surface area contributed by atoms with E-state index in [1.54, 1.807) is 24.3 Å². The molecule has 66 valence electrons. The Morgan fingerprint density at radius 2 is 1.69 bits per heavy atom. The highest BCUT2D eigenvalue weighted by atomic mass is 16.4. The van der Waals surface area contributed by atoms with Gasteiger partial charge in [-0.1, -0.05) is 18.2 Å². The Bertz CT molecular complexity index is 516. The summed E-state index contributed by atoms with van der Waals surface area (Å²) >= 11 is 0. The lowest BCUT2D eigenvalue weighted by atomic mass is 10.1. The predicted molar refractivity (Wildman–Crippen MR) is 51.3 cm³/mol. The summed E-state index contributed by atoms with van der Waals surface area (Å²) in [6.45, 7) is 0. The summed E-state index contributed by atoms with van der Waals surface area (Å²) in [4.78, 5) is 11.2. The molecule has 0 amide bonds. The molecule has 1 aromatic carbocycles. The van der Waals surface area contributed by atoms with Gasteiger partial charge in [0.1, 0.15) is 5.69 Å². The molecule has 4 heteroatoms. The first-order valence-corrected chi connectivity index (χ1v) is 3.77. The molecule has 0 spiro atoms. The van der Waals surface area contributed by atoms with E-state index in [1.807, 2.05) is 0 Å². The Balaban J connectivity index is 3.06. The van der Waals surface area contributed by atoms with Gasteiger partial charge in [-0.15, -0.1) is 0 Å². The number of fused-ring (bicyclic) bond motifs is 1. The van der Waals surface area contributed by atoms with Crippen molar-refractivity contribution in [1.82, 2.24) is 0 Å². The van der Waals surface area contributed by atoms with Gasteiger partial charge in [-0.25, -0.2) is 4.79 Å². The summed E-state index contributed by atoms with van der Waals surface area (Å²) < 4.78 is 4.72. The highest BCUT2D eigenvalue weighted by Crippen LogP contribution is 2.22. The fourth-order valence-electron chi connectivity index (χ4n) is 1.24. The van der Waals surface area contributed by atoms with Crippen LogP contribution in [-0.4, -0.2) is 0 Å². The fourth-order valence-corrected chi connectivity index (χ4v) is 1.24. The number of rotatable bonds is 0. The lowest BCUT2D eigenvalue weighted by molar-refractivity contribution is 0.542. The zero-order valence-electron chi connectivity index (χ0n) is 6.78. The summed E-state index contributed by atoms with van der Waals surface area (Å²) in [7, 11) is 0. The van der Waals surface area contributed by atoms with Gasteiger partial charge in [0, 0.05) is 5.39 Å². The molecule has 0 fully saturated rings. The third-order valence-electron chi connectivity index (χ3n) is 1.91. The molecule has 0 saturated carbocycles. The molecule has 13 heavy (non-hydrogen) atoms. The molecule has 4 N–H and O–H groups in total. The van der Waals surface area contributed by atoms with E-state index < -0.39 is 5.63 Å². The van der Waals surface area contributed by atoms with Gasteiger partial charge in [0.05, 0.1) is 5.39 Å². The Morgan fingerprint density at radius 3 is 2.38 bits per heavy atom. The average Bonchev–Trinajstić information content (AvgIpc) is 2.15. The van der Waals surface area contributed by atoms with Crippen molar-refractivity contribution in [3.8, 4) is 0 Å². The summed E-state index contributed by atoms with van der Waals surface area (Å²) in [6, 6.07) is 6.92. The zero-order valence-corrected chi connectivity index (χ0v) is 6.78. The molecule has 0 unspecified atom stereocenters. The summed E-state index contributed by atoms with van der Waals surface area (Å²) in [6.07, 6.45) is 0. The van der Waals surface area contributed by atoms with Crippen LogP contribution in [0.4, 0.5) is 11.6 Å². The van der Waals surface area contributed by atoms with E-state index in [9.17, 15) is 4.79 Å². The van der Waals surface area contributed by atoms with Crippen LogP contribution in [0.1, 0.15) is 0 Å². The van der Waals surface area contributed by atoms with Gasteiger partial charge >= 0.3 is 5.63 Å². The first kappa shape index (κ1) is 7.67. The maximum Gasteiger partial charge on any atom is 0.345 e. The van der Waals surface area contributed by atoms with Gasteiger partial charge in [-0.05, 0) is 6.07 Å². The smallest absolute Gasteiger partial charge is 0.345 e. The Kier molecular flexibility index (Phi) is 1.48. The van der Waals surface area contributed by atoms with Gasteiger partial charge < -0.3 is 15.9 Å². The van der Waals surface area contributed by atoms with Crippen LogP contribution < -0.4 is 17.1 Å². The van der Waals surface area contributed by atoms with E-state index in [2.05, 4.69) is 0 Å². The van der Waals surface area contributed by atoms with Crippen LogP contribution in [0.2, 0.25) is 0 Å². The number of nitrogens with two attached hydrogens (primary N) is 2. The van der Waals surface area contributed by atoms with Crippen LogP contribution in [0, 0.1) is 0 Å². The first-order valence-electron chi connectivity index (χ1n) is 3.77. The Hall–Kier alpha value is -1.97. The molecule has 2 rings (SSSR count). The van der Waals surface area contributed by atoms with E-state index in [1.165, 1.54) is 0 Å². The van der Waals surface area contributed by atoms with Crippen molar-refractivity contribution in [3.63, 3.8) is 0 Å². The van der Waals surface area contributed by atoms with Crippen molar-refractivity contribution in [2.75, 3.05) is 11.5 Å². The average molecular weight is 176 g/mol. The van der Waals surface area contributed by atoms with Crippen molar-refractivity contribution in [1.29, 1.82) is 0 Å². The predicted octanol–water partition coefficient (Wildman–Crippen LogP) is 0.957. The molecule has 4 nitrogen and oxygen atoms in total. The van der Waals surface area contributed by atoms with E-state index in [0.29, 0.717) is 16.5 Å².